The van der Waals surface area contributed by atoms with Crippen LogP contribution in [0.1, 0.15) is 73.4 Å². The summed E-state index contributed by atoms with van der Waals surface area (Å²) in [7, 11) is 0. The topological polar surface area (TPSA) is 30.7 Å². The summed E-state index contributed by atoms with van der Waals surface area (Å²) in [6.07, 6.45) is 10.2. The van der Waals surface area contributed by atoms with E-state index in [9.17, 15) is 0 Å². The summed E-state index contributed by atoms with van der Waals surface area (Å²) in [5.41, 5.74) is 0. The van der Waals surface area contributed by atoms with Gasteiger partial charge in [0.25, 0.3) is 0 Å². The zero-order chi connectivity index (χ0) is 13.4. The van der Waals surface area contributed by atoms with Crippen molar-refractivity contribution in [1.29, 1.82) is 0 Å². The van der Waals surface area contributed by atoms with Crippen LogP contribution in [0.15, 0.2) is 17.5 Å². The highest BCUT2D eigenvalue weighted by Gasteiger charge is 2.30. The molecule has 4 rings (SSSR count). The molecule has 2 fully saturated rings. The van der Waals surface area contributed by atoms with Crippen molar-refractivity contribution in [2.24, 2.45) is 0 Å². The van der Waals surface area contributed by atoms with E-state index >= 15 is 0 Å². The van der Waals surface area contributed by atoms with Crippen LogP contribution >= 0.6 is 11.3 Å². The van der Waals surface area contributed by atoms with Gasteiger partial charge < -0.3 is 0 Å². The van der Waals surface area contributed by atoms with Crippen molar-refractivity contribution in [2.45, 2.75) is 63.3 Å². The average Bonchev–Trinajstić information content (AvgIpc) is 3.06. The van der Waals surface area contributed by atoms with E-state index in [1.807, 2.05) is 11.3 Å². The van der Waals surface area contributed by atoms with E-state index in [2.05, 4.69) is 22.2 Å². The Morgan fingerprint density at radius 1 is 1.15 bits per heavy atom. The highest BCUT2D eigenvalue weighted by atomic mass is 32.1. The van der Waals surface area contributed by atoms with Crippen molar-refractivity contribution in [3.8, 4) is 0 Å². The first-order valence-corrected chi connectivity index (χ1v) is 8.76. The van der Waals surface area contributed by atoms with Crippen LogP contribution in [0, 0.1) is 0 Å². The van der Waals surface area contributed by atoms with Crippen molar-refractivity contribution in [1.82, 2.24) is 14.8 Å². The molecule has 0 aliphatic heterocycles. The van der Waals surface area contributed by atoms with E-state index in [4.69, 9.17) is 10.1 Å². The molecule has 2 aliphatic carbocycles. The summed E-state index contributed by atoms with van der Waals surface area (Å²) in [4.78, 5) is 6.28. The number of thiophene rings is 1. The first-order chi connectivity index (χ1) is 9.90. The second-order valence-corrected chi connectivity index (χ2v) is 7.19. The zero-order valence-electron chi connectivity index (χ0n) is 11.8. The fourth-order valence-corrected chi connectivity index (χ4v) is 3.90. The van der Waals surface area contributed by atoms with Gasteiger partial charge in [0.05, 0.1) is 6.04 Å². The second kappa shape index (κ2) is 5.32. The Kier molecular flexibility index (Phi) is 3.34. The SMILES string of the molecule is c1csc(Cc2nc(C3CC3)nn2C2CCCCC2)c1. The Bertz CT molecular complexity index is 563. The fraction of sp³-hybridized carbons (Fsp3) is 0.625. The third-order valence-corrected chi connectivity index (χ3v) is 5.37. The Morgan fingerprint density at radius 2 is 2.00 bits per heavy atom. The van der Waals surface area contributed by atoms with E-state index in [1.165, 1.54) is 55.6 Å². The van der Waals surface area contributed by atoms with Gasteiger partial charge in [-0.25, -0.2) is 9.67 Å². The molecule has 2 saturated carbocycles. The third kappa shape index (κ3) is 2.53. The number of hydrogen-bond donors (Lipinski definition) is 0. The normalized spacial score (nSPS) is 20.4. The van der Waals surface area contributed by atoms with Crippen LogP contribution in [0.2, 0.25) is 0 Å². The van der Waals surface area contributed by atoms with Crippen LogP contribution in [-0.4, -0.2) is 14.8 Å². The molecule has 0 N–H and O–H groups in total. The number of hydrogen-bond acceptors (Lipinski definition) is 3. The molecule has 0 spiro atoms. The lowest BCUT2D eigenvalue weighted by atomic mass is 9.95. The van der Waals surface area contributed by atoms with Crippen LogP contribution in [0.3, 0.4) is 0 Å². The molecule has 0 unspecified atom stereocenters. The average molecular weight is 287 g/mol. The van der Waals surface area contributed by atoms with Crippen LogP contribution in [0.25, 0.3) is 0 Å². The van der Waals surface area contributed by atoms with Gasteiger partial charge >= 0.3 is 0 Å². The van der Waals surface area contributed by atoms with Crippen molar-refractivity contribution in [3.05, 3.63) is 34.0 Å². The number of nitrogens with zero attached hydrogens (tertiary/aromatic N) is 3. The Balaban J connectivity index is 1.63. The Labute approximate surface area is 124 Å². The summed E-state index contributed by atoms with van der Waals surface area (Å²) in [6, 6.07) is 4.93. The minimum atomic E-state index is 0.596. The summed E-state index contributed by atoms with van der Waals surface area (Å²) < 4.78 is 2.28. The second-order valence-electron chi connectivity index (χ2n) is 6.15. The minimum Gasteiger partial charge on any atom is -0.246 e. The summed E-state index contributed by atoms with van der Waals surface area (Å²) in [5, 5.41) is 7.04. The molecule has 0 saturated heterocycles. The molecule has 2 aliphatic rings. The van der Waals surface area contributed by atoms with Gasteiger partial charge in [-0.3, -0.25) is 0 Å². The van der Waals surface area contributed by atoms with E-state index in [0.29, 0.717) is 12.0 Å². The molecule has 0 bridgehead atoms. The number of rotatable bonds is 4. The molecule has 0 atom stereocenters. The van der Waals surface area contributed by atoms with Crippen molar-refractivity contribution >= 4 is 11.3 Å². The standard InChI is InChI=1S/C16H21N3S/c1-2-5-13(6-3-1)19-15(11-14-7-4-10-20-14)17-16(18-19)12-8-9-12/h4,7,10,12-13H,1-3,5-6,8-9,11H2. The smallest absolute Gasteiger partial charge is 0.154 e. The maximum atomic E-state index is 4.89. The molecule has 2 aromatic rings. The van der Waals surface area contributed by atoms with Gasteiger partial charge in [0.15, 0.2) is 5.82 Å². The van der Waals surface area contributed by atoms with Gasteiger partial charge in [-0.2, -0.15) is 5.10 Å². The Hall–Kier alpha value is -1.16. The molecule has 3 nitrogen and oxygen atoms in total. The highest BCUT2D eigenvalue weighted by molar-refractivity contribution is 7.09. The first kappa shape index (κ1) is 12.6. The summed E-state index contributed by atoms with van der Waals surface area (Å²) in [6.45, 7) is 0. The molecule has 20 heavy (non-hydrogen) atoms. The van der Waals surface area contributed by atoms with Crippen LogP contribution in [0.5, 0.6) is 0 Å². The predicted octanol–water partition coefficient (Wildman–Crippen LogP) is 4.31. The summed E-state index contributed by atoms with van der Waals surface area (Å²) in [5.74, 6) is 2.96. The monoisotopic (exact) mass is 287 g/mol. The lowest BCUT2D eigenvalue weighted by molar-refractivity contribution is 0.321. The largest absolute Gasteiger partial charge is 0.246 e. The van der Waals surface area contributed by atoms with Gasteiger partial charge in [-0.05, 0) is 37.1 Å². The lowest BCUT2D eigenvalue weighted by Crippen LogP contribution is -2.17. The molecule has 0 aromatic carbocycles. The van der Waals surface area contributed by atoms with Gasteiger partial charge in [-0.15, -0.1) is 11.3 Å². The Morgan fingerprint density at radius 3 is 2.70 bits per heavy atom. The van der Waals surface area contributed by atoms with Crippen LogP contribution < -0.4 is 0 Å². The zero-order valence-corrected chi connectivity index (χ0v) is 12.6. The fourth-order valence-electron chi connectivity index (χ4n) is 3.20. The predicted molar refractivity (Wildman–Crippen MR) is 81.2 cm³/mol. The first-order valence-electron chi connectivity index (χ1n) is 7.88. The van der Waals surface area contributed by atoms with Crippen LogP contribution in [-0.2, 0) is 6.42 Å². The molecule has 2 heterocycles. The molecular formula is C16H21N3S. The maximum Gasteiger partial charge on any atom is 0.154 e. The molecule has 0 amide bonds. The highest BCUT2D eigenvalue weighted by Crippen LogP contribution is 2.39. The van der Waals surface area contributed by atoms with E-state index in [0.717, 1.165) is 12.2 Å². The van der Waals surface area contributed by atoms with Gasteiger partial charge in [0.2, 0.25) is 0 Å². The van der Waals surface area contributed by atoms with Gasteiger partial charge in [0, 0.05) is 17.2 Å². The van der Waals surface area contributed by atoms with Crippen molar-refractivity contribution in [2.75, 3.05) is 0 Å². The molecule has 0 radical (unpaired) electrons. The van der Waals surface area contributed by atoms with Crippen molar-refractivity contribution < 1.29 is 0 Å². The van der Waals surface area contributed by atoms with E-state index in [1.54, 1.807) is 0 Å². The van der Waals surface area contributed by atoms with Crippen molar-refractivity contribution in [3.63, 3.8) is 0 Å². The molecule has 2 aromatic heterocycles. The lowest BCUT2D eigenvalue weighted by Gasteiger charge is -2.23. The van der Waals surface area contributed by atoms with Gasteiger partial charge in [0.1, 0.15) is 5.82 Å². The quantitative estimate of drug-likeness (QED) is 0.838. The summed E-state index contributed by atoms with van der Waals surface area (Å²) >= 11 is 1.83. The minimum absolute atomic E-state index is 0.596. The third-order valence-electron chi connectivity index (χ3n) is 4.49. The van der Waals surface area contributed by atoms with E-state index < -0.39 is 0 Å². The maximum absolute atomic E-state index is 4.89. The van der Waals surface area contributed by atoms with E-state index in [-0.39, 0.29) is 0 Å². The molecule has 106 valence electrons. The number of aromatic nitrogens is 3. The molecule has 4 heteroatoms. The van der Waals surface area contributed by atoms with Gasteiger partial charge in [-0.1, -0.05) is 25.3 Å². The van der Waals surface area contributed by atoms with Crippen LogP contribution in [0.4, 0.5) is 0 Å². The molecular weight excluding hydrogens is 266 g/mol.